The van der Waals surface area contributed by atoms with Crippen LogP contribution >= 0.6 is 33.9 Å². The summed E-state index contributed by atoms with van der Waals surface area (Å²) in [5.41, 5.74) is 3.53. The van der Waals surface area contributed by atoms with Crippen molar-refractivity contribution in [3.05, 3.63) is 60.6 Å². The number of aromatic nitrogens is 2. The predicted molar refractivity (Wildman–Crippen MR) is 97.7 cm³/mol. The van der Waals surface area contributed by atoms with Gasteiger partial charge >= 0.3 is 0 Å². The Morgan fingerprint density at radius 2 is 1.95 bits per heavy atom. The maximum Gasteiger partial charge on any atom is 0.187 e. The lowest BCUT2D eigenvalue weighted by Crippen LogP contribution is -1.90. The van der Waals surface area contributed by atoms with Crippen molar-refractivity contribution in [1.29, 1.82) is 0 Å². The number of anilines is 2. The normalized spacial score (nSPS) is 10.5. The molecule has 0 radical (unpaired) electrons. The molecule has 21 heavy (non-hydrogen) atoms. The molecule has 0 saturated heterocycles. The summed E-state index contributed by atoms with van der Waals surface area (Å²) in [4.78, 5) is 9.68. The van der Waals surface area contributed by atoms with Crippen LogP contribution in [-0.2, 0) is 6.42 Å². The van der Waals surface area contributed by atoms with E-state index in [1.54, 1.807) is 17.5 Å². The van der Waals surface area contributed by atoms with Crippen LogP contribution in [0.1, 0.15) is 5.56 Å². The van der Waals surface area contributed by atoms with Crippen LogP contribution in [-0.4, -0.2) is 14.4 Å². The fourth-order valence-corrected chi connectivity index (χ4v) is 3.41. The third-order valence-electron chi connectivity index (χ3n) is 3.04. The van der Waals surface area contributed by atoms with Gasteiger partial charge in [-0.2, -0.15) is 0 Å². The van der Waals surface area contributed by atoms with Gasteiger partial charge in [0.15, 0.2) is 5.13 Å². The number of rotatable bonds is 5. The van der Waals surface area contributed by atoms with Crippen LogP contribution in [0.15, 0.2) is 55.0 Å². The Balaban J connectivity index is 1.72. The molecule has 2 aromatic heterocycles. The van der Waals surface area contributed by atoms with Crippen LogP contribution in [0.2, 0.25) is 0 Å². The average Bonchev–Trinajstić information content (AvgIpc) is 2.99. The lowest BCUT2D eigenvalue weighted by molar-refractivity contribution is 1.18. The fraction of sp³-hybridized carbons (Fsp3) is 0.125. The number of hydrogen-bond donors (Lipinski definition) is 1. The molecule has 2 heterocycles. The second-order valence-electron chi connectivity index (χ2n) is 4.53. The van der Waals surface area contributed by atoms with E-state index >= 15 is 0 Å². The van der Waals surface area contributed by atoms with Crippen LogP contribution in [0.4, 0.5) is 10.8 Å². The number of thiazole rings is 1. The van der Waals surface area contributed by atoms with Gasteiger partial charge in [0.2, 0.25) is 0 Å². The van der Waals surface area contributed by atoms with Crippen molar-refractivity contribution in [2.24, 2.45) is 0 Å². The Morgan fingerprint density at radius 3 is 2.67 bits per heavy atom. The van der Waals surface area contributed by atoms with Gasteiger partial charge in [-0.25, -0.2) is 4.98 Å². The Hall–Kier alpha value is -1.47. The van der Waals surface area contributed by atoms with Gasteiger partial charge in [-0.15, -0.1) is 0 Å². The molecule has 0 fully saturated rings. The summed E-state index contributed by atoms with van der Waals surface area (Å²) in [5.74, 6) is 0. The topological polar surface area (TPSA) is 37.8 Å². The summed E-state index contributed by atoms with van der Waals surface area (Å²) >= 11 is 4.03. The minimum atomic E-state index is 0.899. The van der Waals surface area contributed by atoms with Gasteiger partial charge in [0, 0.05) is 34.3 Å². The Kier molecular flexibility index (Phi) is 4.82. The van der Waals surface area contributed by atoms with Crippen LogP contribution in [0.3, 0.4) is 0 Å². The molecule has 0 aliphatic heterocycles. The largest absolute Gasteiger partial charge is 0.332 e. The van der Waals surface area contributed by atoms with Crippen molar-refractivity contribution in [3.8, 4) is 10.4 Å². The molecule has 3 nitrogen and oxygen atoms in total. The first-order chi connectivity index (χ1) is 10.3. The predicted octanol–water partition coefficient (Wildman–Crippen LogP) is 4.93. The molecule has 106 valence electrons. The van der Waals surface area contributed by atoms with Gasteiger partial charge in [-0.1, -0.05) is 52.1 Å². The Bertz CT molecular complexity index is 695. The van der Waals surface area contributed by atoms with E-state index in [0.29, 0.717) is 0 Å². The van der Waals surface area contributed by atoms with Crippen molar-refractivity contribution in [2.75, 3.05) is 9.74 Å². The first kappa shape index (κ1) is 14.5. The van der Waals surface area contributed by atoms with E-state index in [4.69, 9.17) is 0 Å². The summed E-state index contributed by atoms with van der Waals surface area (Å²) in [7, 11) is 0. The van der Waals surface area contributed by atoms with Gasteiger partial charge in [0.05, 0.1) is 4.88 Å². The highest BCUT2D eigenvalue weighted by atomic mass is 127. The standard InChI is InChI=1S/C16H14IN3S/c17-8-7-12-3-5-14(6-4-12)20-16-19-11-15(21-16)13-2-1-9-18-10-13/h1-6,9-11H,7-8H2,(H,19,20). The number of pyridine rings is 1. The molecular formula is C16H14IN3S. The monoisotopic (exact) mass is 407 g/mol. The molecule has 0 aliphatic rings. The minimum Gasteiger partial charge on any atom is -0.332 e. The average molecular weight is 407 g/mol. The molecule has 0 atom stereocenters. The Labute approximate surface area is 141 Å². The summed E-state index contributed by atoms with van der Waals surface area (Å²) in [6.07, 6.45) is 6.63. The number of aryl methyl sites for hydroxylation is 1. The maximum absolute atomic E-state index is 4.43. The zero-order valence-electron chi connectivity index (χ0n) is 11.3. The third-order valence-corrected chi connectivity index (χ3v) is 4.54. The minimum absolute atomic E-state index is 0.899. The first-order valence-corrected chi connectivity index (χ1v) is 8.97. The van der Waals surface area contributed by atoms with Crippen molar-refractivity contribution in [3.63, 3.8) is 0 Å². The van der Waals surface area contributed by atoms with Gasteiger partial charge in [-0.3, -0.25) is 4.98 Å². The highest BCUT2D eigenvalue weighted by Gasteiger charge is 2.04. The third kappa shape index (κ3) is 3.79. The lowest BCUT2D eigenvalue weighted by atomic mass is 10.1. The quantitative estimate of drug-likeness (QED) is 0.482. The number of nitrogens with zero attached hydrogens (tertiary/aromatic N) is 2. The van der Waals surface area contributed by atoms with Crippen LogP contribution in [0, 0.1) is 0 Å². The molecule has 5 heteroatoms. The van der Waals surface area contributed by atoms with E-state index in [9.17, 15) is 0 Å². The molecule has 0 aliphatic carbocycles. The molecule has 0 unspecified atom stereocenters. The number of nitrogens with one attached hydrogen (secondary N) is 1. The van der Waals surface area contributed by atoms with Crippen molar-refractivity contribution >= 4 is 44.7 Å². The zero-order valence-corrected chi connectivity index (χ0v) is 14.3. The van der Waals surface area contributed by atoms with Crippen LogP contribution < -0.4 is 5.32 Å². The summed E-state index contributed by atoms with van der Waals surface area (Å²) in [5, 5.41) is 4.25. The molecule has 0 bridgehead atoms. The number of benzene rings is 1. The second kappa shape index (κ2) is 7.00. The van der Waals surface area contributed by atoms with Gasteiger partial charge in [-0.05, 0) is 30.2 Å². The van der Waals surface area contributed by atoms with Crippen molar-refractivity contribution in [2.45, 2.75) is 6.42 Å². The van der Waals surface area contributed by atoms with Crippen molar-refractivity contribution < 1.29 is 0 Å². The molecule has 0 amide bonds. The van der Waals surface area contributed by atoms with E-state index in [1.165, 1.54) is 5.56 Å². The molecule has 0 saturated carbocycles. The summed E-state index contributed by atoms with van der Waals surface area (Å²) < 4.78 is 1.14. The highest BCUT2D eigenvalue weighted by Crippen LogP contribution is 2.30. The van der Waals surface area contributed by atoms with Crippen LogP contribution in [0.25, 0.3) is 10.4 Å². The number of alkyl halides is 1. The summed E-state index contributed by atoms with van der Waals surface area (Å²) in [6.45, 7) is 0. The highest BCUT2D eigenvalue weighted by molar-refractivity contribution is 14.1. The van der Waals surface area contributed by atoms with E-state index in [-0.39, 0.29) is 0 Å². The maximum atomic E-state index is 4.43. The van der Waals surface area contributed by atoms with E-state index in [2.05, 4.69) is 62.1 Å². The number of hydrogen-bond acceptors (Lipinski definition) is 4. The van der Waals surface area contributed by atoms with Gasteiger partial charge in [0.1, 0.15) is 0 Å². The molecule has 1 aromatic carbocycles. The first-order valence-electron chi connectivity index (χ1n) is 6.63. The van der Waals surface area contributed by atoms with Crippen LogP contribution in [0.5, 0.6) is 0 Å². The molecule has 1 N–H and O–H groups in total. The van der Waals surface area contributed by atoms with Crippen molar-refractivity contribution in [1.82, 2.24) is 9.97 Å². The van der Waals surface area contributed by atoms with Gasteiger partial charge in [0.25, 0.3) is 0 Å². The van der Waals surface area contributed by atoms with E-state index in [0.717, 1.165) is 32.1 Å². The lowest BCUT2D eigenvalue weighted by Gasteiger charge is -2.03. The summed E-state index contributed by atoms with van der Waals surface area (Å²) in [6, 6.07) is 12.5. The number of halogens is 1. The molecule has 3 rings (SSSR count). The Morgan fingerprint density at radius 1 is 1.10 bits per heavy atom. The smallest absolute Gasteiger partial charge is 0.187 e. The van der Waals surface area contributed by atoms with E-state index in [1.807, 2.05) is 24.5 Å². The zero-order chi connectivity index (χ0) is 14.5. The van der Waals surface area contributed by atoms with Gasteiger partial charge < -0.3 is 5.32 Å². The SMILES string of the molecule is ICCc1ccc(Nc2ncc(-c3cccnc3)s2)cc1. The molecule has 3 aromatic rings. The fourth-order valence-electron chi connectivity index (χ4n) is 1.96. The molecular weight excluding hydrogens is 393 g/mol. The van der Waals surface area contributed by atoms with E-state index < -0.39 is 0 Å². The second-order valence-corrected chi connectivity index (χ2v) is 6.64. The molecule has 0 spiro atoms.